The van der Waals surface area contributed by atoms with Gasteiger partial charge in [0.05, 0.1) is 0 Å². The van der Waals surface area contributed by atoms with Crippen molar-refractivity contribution < 1.29 is 9.18 Å². The third kappa shape index (κ3) is 2.92. The molecule has 0 spiro atoms. The average molecular weight is 240 g/mol. The highest BCUT2D eigenvalue weighted by Gasteiger charge is 2.02. The Labute approximate surface area is 106 Å². The van der Waals surface area contributed by atoms with Crippen molar-refractivity contribution in [3.63, 3.8) is 0 Å². The lowest BCUT2D eigenvalue weighted by molar-refractivity contribution is 0.104. The van der Waals surface area contributed by atoms with Crippen LogP contribution >= 0.6 is 0 Å². The van der Waals surface area contributed by atoms with Gasteiger partial charge < -0.3 is 0 Å². The van der Waals surface area contributed by atoms with Gasteiger partial charge in [0.25, 0.3) is 0 Å². The third-order valence-electron chi connectivity index (χ3n) is 2.62. The van der Waals surface area contributed by atoms with Crippen LogP contribution in [0.1, 0.15) is 21.5 Å². The minimum Gasteiger partial charge on any atom is -0.289 e. The largest absolute Gasteiger partial charge is 0.289 e. The van der Waals surface area contributed by atoms with Gasteiger partial charge in [-0.1, -0.05) is 42.0 Å². The van der Waals surface area contributed by atoms with Gasteiger partial charge >= 0.3 is 0 Å². The van der Waals surface area contributed by atoms with Crippen molar-refractivity contribution in [1.29, 1.82) is 0 Å². The number of benzene rings is 2. The number of ketones is 1. The van der Waals surface area contributed by atoms with E-state index in [1.54, 1.807) is 24.3 Å². The smallest absolute Gasteiger partial charge is 0.185 e. The molecule has 2 aromatic carbocycles. The van der Waals surface area contributed by atoms with E-state index in [1.165, 1.54) is 18.2 Å². The molecule has 0 heterocycles. The predicted molar refractivity (Wildman–Crippen MR) is 70.9 cm³/mol. The van der Waals surface area contributed by atoms with Crippen LogP contribution in [-0.4, -0.2) is 5.78 Å². The van der Waals surface area contributed by atoms with Crippen molar-refractivity contribution in [2.75, 3.05) is 0 Å². The molecule has 2 aromatic rings. The maximum atomic E-state index is 13.3. The number of halogens is 1. The van der Waals surface area contributed by atoms with Crippen molar-refractivity contribution in [3.05, 3.63) is 77.1 Å². The molecule has 0 bridgehead atoms. The maximum absolute atomic E-state index is 13.3. The number of rotatable bonds is 3. The summed E-state index contributed by atoms with van der Waals surface area (Å²) in [7, 11) is 0. The van der Waals surface area contributed by atoms with Crippen LogP contribution in [0.4, 0.5) is 4.39 Å². The number of hydrogen-bond donors (Lipinski definition) is 0. The first-order valence-electron chi connectivity index (χ1n) is 5.70. The van der Waals surface area contributed by atoms with Crippen LogP contribution in [-0.2, 0) is 0 Å². The molecule has 0 saturated heterocycles. The SMILES string of the molecule is Cc1cccc(C(=O)C=Cc2ccccc2F)c1. The molecule has 0 aliphatic carbocycles. The first-order valence-corrected chi connectivity index (χ1v) is 5.70. The van der Waals surface area contributed by atoms with Gasteiger partial charge in [-0.05, 0) is 31.2 Å². The standard InChI is InChI=1S/C16H13FO/c1-12-5-4-7-14(11-12)16(18)10-9-13-6-2-3-8-15(13)17/h2-11H,1H3. The molecule has 2 heteroatoms. The number of aryl methyl sites for hydroxylation is 1. The van der Waals surface area contributed by atoms with E-state index in [4.69, 9.17) is 0 Å². The number of hydrogen-bond acceptors (Lipinski definition) is 1. The lowest BCUT2D eigenvalue weighted by Gasteiger charge is -1.98. The Morgan fingerprint density at radius 3 is 2.61 bits per heavy atom. The molecular formula is C16H13FO. The minimum atomic E-state index is -0.328. The molecule has 0 fully saturated rings. The van der Waals surface area contributed by atoms with Crippen LogP contribution in [0.3, 0.4) is 0 Å². The molecule has 0 aromatic heterocycles. The predicted octanol–water partition coefficient (Wildman–Crippen LogP) is 4.03. The van der Waals surface area contributed by atoms with Gasteiger partial charge in [-0.25, -0.2) is 4.39 Å². The molecule has 90 valence electrons. The molecule has 2 rings (SSSR count). The van der Waals surface area contributed by atoms with Crippen LogP contribution in [0.15, 0.2) is 54.6 Å². The molecule has 1 nitrogen and oxygen atoms in total. The minimum absolute atomic E-state index is 0.123. The highest BCUT2D eigenvalue weighted by molar-refractivity contribution is 6.06. The molecule has 0 aliphatic rings. The van der Waals surface area contributed by atoms with Gasteiger partial charge in [-0.15, -0.1) is 0 Å². The quantitative estimate of drug-likeness (QED) is 0.584. The van der Waals surface area contributed by atoms with E-state index >= 15 is 0 Å². The monoisotopic (exact) mass is 240 g/mol. The van der Waals surface area contributed by atoms with Crippen molar-refractivity contribution in [2.45, 2.75) is 6.92 Å². The Hall–Kier alpha value is -2.22. The van der Waals surface area contributed by atoms with E-state index in [0.717, 1.165) is 5.56 Å². The molecule has 0 saturated carbocycles. The molecule has 0 atom stereocenters. The zero-order valence-electron chi connectivity index (χ0n) is 10.1. The van der Waals surface area contributed by atoms with Crippen molar-refractivity contribution in [1.82, 2.24) is 0 Å². The van der Waals surface area contributed by atoms with Crippen molar-refractivity contribution >= 4 is 11.9 Å². The molecule has 0 unspecified atom stereocenters. The number of carbonyl (C=O) groups is 1. The van der Waals surface area contributed by atoms with Crippen molar-refractivity contribution in [3.8, 4) is 0 Å². The third-order valence-corrected chi connectivity index (χ3v) is 2.62. The Morgan fingerprint density at radius 2 is 1.89 bits per heavy atom. The van der Waals surface area contributed by atoms with Crippen LogP contribution in [0.25, 0.3) is 6.08 Å². The fourth-order valence-corrected chi connectivity index (χ4v) is 1.67. The summed E-state index contributed by atoms with van der Waals surface area (Å²) in [5, 5.41) is 0. The van der Waals surface area contributed by atoms with Gasteiger partial charge in [-0.2, -0.15) is 0 Å². The molecule has 18 heavy (non-hydrogen) atoms. The topological polar surface area (TPSA) is 17.1 Å². The second kappa shape index (κ2) is 5.41. The van der Waals surface area contributed by atoms with E-state index in [0.29, 0.717) is 11.1 Å². The first-order chi connectivity index (χ1) is 8.66. The summed E-state index contributed by atoms with van der Waals surface area (Å²) >= 11 is 0. The van der Waals surface area contributed by atoms with Crippen LogP contribution in [0.2, 0.25) is 0 Å². The Balaban J connectivity index is 2.20. The first kappa shape index (κ1) is 12.2. The van der Waals surface area contributed by atoms with Gasteiger partial charge in [0, 0.05) is 11.1 Å². The Bertz CT molecular complexity index is 600. The summed E-state index contributed by atoms with van der Waals surface area (Å²) < 4.78 is 13.3. The highest BCUT2D eigenvalue weighted by atomic mass is 19.1. The summed E-state index contributed by atoms with van der Waals surface area (Å²) in [6.07, 6.45) is 2.90. The molecule has 0 N–H and O–H groups in total. The maximum Gasteiger partial charge on any atom is 0.185 e. The second-order valence-corrected chi connectivity index (χ2v) is 4.09. The van der Waals surface area contributed by atoms with Crippen LogP contribution in [0.5, 0.6) is 0 Å². The summed E-state index contributed by atoms with van der Waals surface area (Å²) in [6, 6.07) is 13.7. The lowest BCUT2D eigenvalue weighted by atomic mass is 10.1. The van der Waals surface area contributed by atoms with Gasteiger partial charge in [-0.3, -0.25) is 4.79 Å². The fraction of sp³-hybridized carbons (Fsp3) is 0.0625. The van der Waals surface area contributed by atoms with E-state index in [-0.39, 0.29) is 11.6 Å². The zero-order chi connectivity index (χ0) is 13.0. The number of carbonyl (C=O) groups excluding carboxylic acids is 1. The van der Waals surface area contributed by atoms with Crippen LogP contribution in [0, 0.1) is 12.7 Å². The van der Waals surface area contributed by atoms with Crippen molar-refractivity contribution in [2.24, 2.45) is 0 Å². The Morgan fingerprint density at radius 1 is 1.11 bits per heavy atom. The van der Waals surface area contributed by atoms with E-state index in [9.17, 15) is 9.18 Å². The van der Waals surface area contributed by atoms with E-state index < -0.39 is 0 Å². The number of allylic oxidation sites excluding steroid dienone is 1. The summed E-state index contributed by atoms with van der Waals surface area (Å²) in [4.78, 5) is 11.9. The summed E-state index contributed by atoms with van der Waals surface area (Å²) in [5.41, 5.74) is 2.06. The second-order valence-electron chi connectivity index (χ2n) is 4.09. The summed E-state index contributed by atoms with van der Waals surface area (Å²) in [5.74, 6) is -0.451. The summed E-state index contributed by atoms with van der Waals surface area (Å²) in [6.45, 7) is 1.93. The van der Waals surface area contributed by atoms with E-state index in [2.05, 4.69) is 0 Å². The molecule has 0 aliphatic heterocycles. The lowest BCUT2D eigenvalue weighted by Crippen LogP contribution is -1.94. The van der Waals surface area contributed by atoms with Gasteiger partial charge in [0.2, 0.25) is 0 Å². The average Bonchev–Trinajstić information content (AvgIpc) is 2.37. The van der Waals surface area contributed by atoms with Gasteiger partial charge in [0.1, 0.15) is 5.82 Å². The molecular weight excluding hydrogens is 227 g/mol. The van der Waals surface area contributed by atoms with Crippen LogP contribution < -0.4 is 0 Å². The molecule has 0 radical (unpaired) electrons. The zero-order valence-corrected chi connectivity index (χ0v) is 10.1. The normalized spacial score (nSPS) is 10.8. The Kier molecular flexibility index (Phi) is 3.68. The highest BCUT2D eigenvalue weighted by Crippen LogP contribution is 2.10. The van der Waals surface area contributed by atoms with Gasteiger partial charge in [0.15, 0.2) is 5.78 Å². The molecule has 0 amide bonds. The fourth-order valence-electron chi connectivity index (χ4n) is 1.67. The van der Waals surface area contributed by atoms with E-state index in [1.807, 2.05) is 25.1 Å².